The summed E-state index contributed by atoms with van der Waals surface area (Å²) >= 11 is 0. The molecule has 0 aromatic carbocycles. The number of carbonyl (C=O) groups excluding carboxylic acids is 1. The summed E-state index contributed by atoms with van der Waals surface area (Å²) in [5.41, 5.74) is 0.140. The van der Waals surface area contributed by atoms with E-state index in [0.717, 1.165) is 58.8 Å². The predicted molar refractivity (Wildman–Crippen MR) is 75.2 cm³/mol. The molecule has 0 unspecified atom stereocenters. The summed E-state index contributed by atoms with van der Waals surface area (Å²) in [5, 5.41) is 3.12. The zero-order chi connectivity index (χ0) is 13.7. The highest BCUT2D eigenvalue weighted by molar-refractivity contribution is 5.75. The van der Waals surface area contributed by atoms with Gasteiger partial charge in [-0.3, -0.25) is 9.69 Å². The lowest BCUT2D eigenvalue weighted by molar-refractivity contribution is -0.122. The van der Waals surface area contributed by atoms with Crippen molar-refractivity contribution in [1.29, 1.82) is 0 Å². The SMILES string of the molecule is CCC(=O)NCC1(N2CCOCC2)CCN(C)CC1. The summed E-state index contributed by atoms with van der Waals surface area (Å²) in [6, 6.07) is 0. The number of nitrogens with one attached hydrogen (secondary N) is 1. The van der Waals surface area contributed by atoms with Crippen molar-refractivity contribution >= 4 is 5.91 Å². The Morgan fingerprint density at radius 2 is 1.84 bits per heavy atom. The molecule has 1 amide bonds. The third-order valence-electron chi connectivity index (χ3n) is 4.54. The minimum atomic E-state index is 0.140. The van der Waals surface area contributed by atoms with E-state index in [1.165, 1.54) is 0 Å². The van der Waals surface area contributed by atoms with Crippen molar-refractivity contribution in [2.75, 3.05) is 53.0 Å². The van der Waals surface area contributed by atoms with E-state index >= 15 is 0 Å². The Bertz CT molecular complexity index is 295. The van der Waals surface area contributed by atoms with Crippen LogP contribution < -0.4 is 5.32 Å². The summed E-state index contributed by atoms with van der Waals surface area (Å²) in [6.07, 6.45) is 2.83. The smallest absolute Gasteiger partial charge is 0.219 e. The van der Waals surface area contributed by atoms with Crippen LogP contribution in [0, 0.1) is 0 Å². The lowest BCUT2D eigenvalue weighted by atomic mass is 9.85. The Morgan fingerprint density at radius 3 is 2.42 bits per heavy atom. The molecule has 0 aromatic heterocycles. The van der Waals surface area contributed by atoms with Crippen LogP contribution in [-0.2, 0) is 9.53 Å². The van der Waals surface area contributed by atoms with Crippen molar-refractivity contribution in [3.8, 4) is 0 Å². The molecule has 0 aromatic rings. The molecule has 5 nitrogen and oxygen atoms in total. The van der Waals surface area contributed by atoms with Gasteiger partial charge in [-0.05, 0) is 33.0 Å². The molecule has 0 bridgehead atoms. The van der Waals surface area contributed by atoms with Crippen molar-refractivity contribution in [3.63, 3.8) is 0 Å². The molecule has 0 aliphatic carbocycles. The number of morpholine rings is 1. The maximum atomic E-state index is 11.6. The molecule has 2 aliphatic rings. The van der Waals surface area contributed by atoms with Crippen LogP contribution in [-0.4, -0.2) is 74.2 Å². The van der Waals surface area contributed by atoms with Crippen LogP contribution in [0.25, 0.3) is 0 Å². The van der Waals surface area contributed by atoms with Gasteiger partial charge >= 0.3 is 0 Å². The van der Waals surface area contributed by atoms with Gasteiger partial charge in [0.25, 0.3) is 0 Å². The minimum absolute atomic E-state index is 0.140. The molecule has 2 saturated heterocycles. The zero-order valence-electron chi connectivity index (χ0n) is 12.3. The molecule has 0 radical (unpaired) electrons. The molecule has 2 fully saturated rings. The van der Waals surface area contributed by atoms with Crippen molar-refractivity contribution in [2.45, 2.75) is 31.7 Å². The predicted octanol–water partition coefficient (Wildman–Crippen LogP) is 0.309. The molecule has 110 valence electrons. The maximum absolute atomic E-state index is 11.6. The summed E-state index contributed by atoms with van der Waals surface area (Å²) in [5.74, 6) is 0.159. The summed E-state index contributed by atoms with van der Waals surface area (Å²) in [6.45, 7) is 8.54. The number of amides is 1. The van der Waals surface area contributed by atoms with Gasteiger partial charge in [0.1, 0.15) is 0 Å². The second kappa shape index (κ2) is 6.68. The number of piperidine rings is 1. The lowest BCUT2D eigenvalue weighted by Gasteiger charge is -2.49. The number of hydrogen-bond acceptors (Lipinski definition) is 4. The van der Waals surface area contributed by atoms with Gasteiger partial charge in [0, 0.05) is 31.6 Å². The fourth-order valence-electron chi connectivity index (χ4n) is 3.07. The molecule has 0 spiro atoms. The Kier molecular flexibility index (Phi) is 5.19. The monoisotopic (exact) mass is 269 g/mol. The Balaban J connectivity index is 2.01. The number of nitrogens with zero attached hydrogens (tertiary/aromatic N) is 2. The number of carbonyl (C=O) groups is 1. The van der Waals surface area contributed by atoms with Crippen LogP contribution in [0.1, 0.15) is 26.2 Å². The van der Waals surface area contributed by atoms with Crippen molar-refractivity contribution in [2.24, 2.45) is 0 Å². The molecular formula is C14H27N3O2. The third kappa shape index (κ3) is 3.68. The molecule has 1 N–H and O–H groups in total. The van der Waals surface area contributed by atoms with Gasteiger partial charge in [-0.2, -0.15) is 0 Å². The van der Waals surface area contributed by atoms with Crippen molar-refractivity contribution in [1.82, 2.24) is 15.1 Å². The highest BCUT2D eigenvalue weighted by Crippen LogP contribution is 2.28. The highest BCUT2D eigenvalue weighted by Gasteiger charge is 2.39. The van der Waals surface area contributed by atoms with Gasteiger partial charge in [-0.15, -0.1) is 0 Å². The van der Waals surface area contributed by atoms with Crippen LogP contribution in [0.4, 0.5) is 0 Å². The second-order valence-electron chi connectivity index (χ2n) is 5.76. The van der Waals surface area contributed by atoms with E-state index in [4.69, 9.17) is 4.74 Å². The summed E-state index contributed by atoms with van der Waals surface area (Å²) < 4.78 is 5.46. The van der Waals surface area contributed by atoms with E-state index < -0.39 is 0 Å². The van der Waals surface area contributed by atoms with E-state index in [9.17, 15) is 4.79 Å². The molecule has 0 atom stereocenters. The minimum Gasteiger partial charge on any atom is -0.379 e. The molecule has 0 saturated carbocycles. The van der Waals surface area contributed by atoms with Gasteiger partial charge < -0.3 is 15.0 Å². The average Bonchev–Trinajstić information content (AvgIpc) is 2.47. The standard InChI is InChI=1S/C14H27N3O2/c1-3-13(18)15-12-14(4-6-16(2)7-5-14)17-8-10-19-11-9-17/h3-12H2,1-2H3,(H,15,18). The van der Waals surface area contributed by atoms with Gasteiger partial charge in [-0.1, -0.05) is 6.92 Å². The third-order valence-corrected chi connectivity index (χ3v) is 4.54. The van der Waals surface area contributed by atoms with Gasteiger partial charge in [0.15, 0.2) is 0 Å². The molecular weight excluding hydrogens is 242 g/mol. The summed E-state index contributed by atoms with van der Waals surface area (Å²) in [4.78, 5) is 16.5. The van der Waals surface area contributed by atoms with Crippen LogP contribution in [0.5, 0.6) is 0 Å². The van der Waals surface area contributed by atoms with Gasteiger partial charge in [-0.25, -0.2) is 0 Å². The van der Waals surface area contributed by atoms with Crippen molar-refractivity contribution < 1.29 is 9.53 Å². The topological polar surface area (TPSA) is 44.8 Å². The Morgan fingerprint density at radius 1 is 1.21 bits per heavy atom. The number of rotatable bonds is 4. The maximum Gasteiger partial charge on any atom is 0.219 e. The Labute approximate surface area is 116 Å². The van der Waals surface area contributed by atoms with E-state index in [0.29, 0.717) is 6.42 Å². The fraction of sp³-hybridized carbons (Fsp3) is 0.929. The molecule has 2 aliphatic heterocycles. The van der Waals surface area contributed by atoms with E-state index in [2.05, 4.69) is 22.2 Å². The van der Waals surface area contributed by atoms with Crippen LogP contribution in [0.2, 0.25) is 0 Å². The first-order valence-corrected chi connectivity index (χ1v) is 7.44. The van der Waals surface area contributed by atoms with Crippen LogP contribution in [0.15, 0.2) is 0 Å². The number of ether oxygens (including phenoxy) is 1. The average molecular weight is 269 g/mol. The van der Waals surface area contributed by atoms with Crippen LogP contribution in [0.3, 0.4) is 0 Å². The number of likely N-dealkylation sites (tertiary alicyclic amines) is 1. The quantitative estimate of drug-likeness (QED) is 0.798. The lowest BCUT2D eigenvalue weighted by Crippen LogP contribution is -2.62. The van der Waals surface area contributed by atoms with E-state index in [1.54, 1.807) is 0 Å². The first-order chi connectivity index (χ1) is 9.16. The molecule has 19 heavy (non-hydrogen) atoms. The largest absolute Gasteiger partial charge is 0.379 e. The molecule has 2 heterocycles. The fourth-order valence-corrected chi connectivity index (χ4v) is 3.07. The molecule has 5 heteroatoms. The zero-order valence-corrected chi connectivity index (χ0v) is 12.3. The van der Waals surface area contributed by atoms with Gasteiger partial charge in [0.2, 0.25) is 5.91 Å². The summed E-state index contributed by atoms with van der Waals surface area (Å²) in [7, 11) is 2.17. The molecule has 2 rings (SSSR count). The van der Waals surface area contributed by atoms with Crippen LogP contribution >= 0.6 is 0 Å². The second-order valence-corrected chi connectivity index (χ2v) is 5.76. The van der Waals surface area contributed by atoms with Gasteiger partial charge in [0.05, 0.1) is 13.2 Å². The van der Waals surface area contributed by atoms with E-state index in [-0.39, 0.29) is 11.4 Å². The first-order valence-electron chi connectivity index (χ1n) is 7.44. The number of hydrogen-bond donors (Lipinski definition) is 1. The van der Waals surface area contributed by atoms with E-state index in [1.807, 2.05) is 6.92 Å². The highest BCUT2D eigenvalue weighted by atomic mass is 16.5. The normalized spacial score (nSPS) is 25.2. The van der Waals surface area contributed by atoms with Crippen molar-refractivity contribution in [3.05, 3.63) is 0 Å². The Hall–Kier alpha value is -0.650. The first kappa shape index (κ1) is 14.8.